The Kier molecular flexibility index (Phi) is 3.32. The highest BCUT2D eigenvalue weighted by Gasteiger charge is 2.41. The van der Waals surface area contributed by atoms with Crippen LogP contribution in [0, 0.1) is 0 Å². The topological polar surface area (TPSA) is 32.5 Å². The molecule has 2 aromatic heterocycles. The number of rotatable bonds is 2. The van der Waals surface area contributed by atoms with Crippen molar-refractivity contribution in [3.05, 3.63) is 60.8 Å². The summed E-state index contributed by atoms with van der Waals surface area (Å²) in [6.45, 7) is 6.69. The zero-order valence-electron chi connectivity index (χ0n) is 16.1. The zero-order chi connectivity index (χ0) is 18.8. The molecule has 0 saturated carbocycles. The maximum atomic E-state index is 6.30. The van der Waals surface area contributed by atoms with E-state index in [1.165, 1.54) is 0 Å². The number of hydrogen-bond donors (Lipinski definition) is 0. The lowest BCUT2D eigenvalue weighted by atomic mass is 9.80. The monoisotopic (exact) mass is 355 g/mol. The predicted molar refractivity (Wildman–Crippen MR) is 115 cm³/mol. The Hall–Kier alpha value is -2.95. The minimum Gasteiger partial charge on any atom is -0.454 e. The molecule has 2 aromatic carbocycles. The van der Waals surface area contributed by atoms with Crippen molar-refractivity contribution in [3.8, 4) is 0 Å². The second-order valence-electron chi connectivity index (χ2n) is 8.14. The van der Waals surface area contributed by atoms with Gasteiger partial charge in [-0.3, -0.25) is 0 Å². The number of pyridine rings is 1. The first-order chi connectivity index (χ1) is 13.0. The molecule has 5 rings (SSSR count). The number of para-hydroxylation sites is 2. The molecule has 0 amide bonds. The van der Waals surface area contributed by atoms with Crippen LogP contribution in [0.3, 0.4) is 0 Å². The second-order valence-corrected chi connectivity index (χ2v) is 8.14. The van der Waals surface area contributed by atoms with E-state index in [1.54, 1.807) is 0 Å². The number of hydrogen-bond acceptors (Lipinski definition) is 4. The summed E-state index contributed by atoms with van der Waals surface area (Å²) in [6, 6.07) is 18.8. The van der Waals surface area contributed by atoms with Crippen molar-refractivity contribution < 1.29 is 4.42 Å². The molecule has 4 aromatic rings. The van der Waals surface area contributed by atoms with Gasteiger partial charge in [0, 0.05) is 22.4 Å². The predicted octanol–water partition coefficient (Wildman–Crippen LogP) is 4.65. The summed E-state index contributed by atoms with van der Waals surface area (Å²) in [4.78, 5) is 9.43. The fourth-order valence-electron chi connectivity index (χ4n) is 4.39. The molecule has 5 heteroatoms. The Bertz CT molecular complexity index is 1160. The van der Waals surface area contributed by atoms with Crippen LogP contribution in [0.2, 0.25) is 0 Å². The maximum absolute atomic E-state index is 6.30. The summed E-state index contributed by atoms with van der Waals surface area (Å²) < 4.78 is 6.30. The van der Waals surface area contributed by atoms with Gasteiger partial charge in [-0.15, -0.1) is 0 Å². The van der Waals surface area contributed by atoms with Crippen molar-refractivity contribution in [2.24, 2.45) is 0 Å². The molecule has 4 nitrogen and oxygen atoms in total. The van der Waals surface area contributed by atoms with Gasteiger partial charge in [-0.2, -0.15) is 0 Å². The molecule has 0 saturated heterocycles. The number of furan rings is 1. The van der Waals surface area contributed by atoms with E-state index in [2.05, 4.69) is 74.8 Å². The molecule has 0 radical (unpaired) electrons. The van der Waals surface area contributed by atoms with E-state index in [0.29, 0.717) is 0 Å². The van der Waals surface area contributed by atoms with Crippen LogP contribution >= 0.6 is 0 Å². The minimum atomic E-state index is -0.0426. The maximum Gasteiger partial charge on any atom is 0.159 e. The van der Waals surface area contributed by atoms with Crippen molar-refractivity contribution >= 4 is 47.0 Å². The summed E-state index contributed by atoms with van der Waals surface area (Å²) >= 11 is 0. The SMILES string of the molecule is BC(C)(C)N1c2ncccc2N(c2cccc3c2oc2ccccc23)C1C. The smallest absolute Gasteiger partial charge is 0.159 e. The summed E-state index contributed by atoms with van der Waals surface area (Å²) in [6.07, 6.45) is 2.00. The van der Waals surface area contributed by atoms with Crippen molar-refractivity contribution in [1.29, 1.82) is 0 Å². The Morgan fingerprint density at radius 1 is 0.963 bits per heavy atom. The third kappa shape index (κ3) is 2.27. The third-order valence-corrected chi connectivity index (χ3v) is 5.37. The van der Waals surface area contributed by atoms with Gasteiger partial charge >= 0.3 is 0 Å². The standard InChI is InChI=1S/C22H22BN3O/c1-14-25(18-11-7-13-24-21(18)26(14)22(2,3)23)17-10-6-9-16-15-8-4-5-12-19(15)27-20(16)17/h4-14H,23H2,1-3H3. The van der Waals surface area contributed by atoms with Crippen LogP contribution in [-0.2, 0) is 0 Å². The number of benzene rings is 2. The van der Waals surface area contributed by atoms with Crippen molar-refractivity contribution in [1.82, 2.24) is 4.98 Å². The summed E-state index contributed by atoms with van der Waals surface area (Å²) in [5.41, 5.74) is 4.01. The Morgan fingerprint density at radius 3 is 2.52 bits per heavy atom. The summed E-state index contributed by atoms with van der Waals surface area (Å²) in [5.74, 6) is 1.02. The molecular weight excluding hydrogens is 333 g/mol. The molecular formula is C22H22BN3O. The summed E-state index contributed by atoms with van der Waals surface area (Å²) in [5, 5.41) is 2.30. The minimum absolute atomic E-state index is 0.0426. The van der Waals surface area contributed by atoms with Gasteiger partial charge in [0.15, 0.2) is 11.4 Å². The molecule has 0 fully saturated rings. The second kappa shape index (κ2) is 5.52. The van der Waals surface area contributed by atoms with Crippen molar-refractivity contribution in [3.63, 3.8) is 0 Å². The van der Waals surface area contributed by atoms with Gasteiger partial charge in [-0.05, 0) is 45.0 Å². The molecule has 1 atom stereocenters. The largest absolute Gasteiger partial charge is 0.454 e. The normalized spacial score (nSPS) is 17.1. The van der Waals surface area contributed by atoms with Gasteiger partial charge in [0.1, 0.15) is 19.6 Å². The van der Waals surface area contributed by atoms with Gasteiger partial charge in [-0.1, -0.05) is 30.3 Å². The lowest BCUT2D eigenvalue weighted by Crippen LogP contribution is -2.51. The molecule has 1 aliphatic heterocycles. The number of anilines is 3. The summed E-state index contributed by atoms with van der Waals surface area (Å²) in [7, 11) is 2.23. The van der Waals surface area contributed by atoms with Gasteiger partial charge < -0.3 is 14.2 Å². The van der Waals surface area contributed by atoms with Crippen LogP contribution < -0.4 is 9.80 Å². The fraction of sp³-hybridized carbons (Fsp3) is 0.227. The Morgan fingerprint density at radius 2 is 1.70 bits per heavy atom. The first-order valence-corrected chi connectivity index (χ1v) is 9.40. The van der Waals surface area contributed by atoms with Crippen LogP contribution in [-0.4, -0.2) is 24.4 Å². The van der Waals surface area contributed by atoms with Gasteiger partial charge in [0.05, 0.1) is 11.4 Å². The molecule has 0 aliphatic carbocycles. The Labute approximate surface area is 159 Å². The van der Waals surface area contributed by atoms with Gasteiger partial charge in [0.2, 0.25) is 0 Å². The van der Waals surface area contributed by atoms with E-state index in [9.17, 15) is 0 Å². The number of aromatic nitrogens is 1. The highest BCUT2D eigenvalue weighted by atomic mass is 16.3. The molecule has 1 aliphatic rings. The molecule has 27 heavy (non-hydrogen) atoms. The van der Waals surface area contributed by atoms with Crippen LogP contribution in [0.4, 0.5) is 17.2 Å². The first-order valence-electron chi connectivity index (χ1n) is 9.40. The number of nitrogens with zero attached hydrogens (tertiary/aromatic N) is 3. The van der Waals surface area contributed by atoms with Crippen LogP contribution in [0.5, 0.6) is 0 Å². The molecule has 1 unspecified atom stereocenters. The van der Waals surface area contributed by atoms with E-state index in [1.807, 2.05) is 24.4 Å². The van der Waals surface area contributed by atoms with Gasteiger partial charge in [0.25, 0.3) is 0 Å². The van der Waals surface area contributed by atoms with Crippen LogP contribution in [0.15, 0.2) is 65.2 Å². The van der Waals surface area contributed by atoms with E-state index in [0.717, 1.165) is 39.1 Å². The zero-order valence-corrected chi connectivity index (χ0v) is 16.1. The average molecular weight is 355 g/mol. The number of fused-ring (bicyclic) bond motifs is 4. The lowest BCUT2D eigenvalue weighted by molar-refractivity contribution is 0.555. The lowest BCUT2D eigenvalue weighted by Gasteiger charge is -2.39. The van der Waals surface area contributed by atoms with Crippen molar-refractivity contribution in [2.45, 2.75) is 32.4 Å². The molecule has 0 spiro atoms. The molecule has 3 heterocycles. The van der Waals surface area contributed by atoms with E-state index >= 15 is 0 Å². The van der Waals surface area contributed by atoms with E-state index in [-0.39, 0.29) is 11.6 Å². The molecule has 0 N–H and O–H groups in total. The average Bonchev–Trinajstić information content (AvgIpc) is 3.16. The van der Waals surface area contributed by atoms with Crippen LogP contribution in [0.1, 0.15) is 20.8 Å². The quantitative estimate of drug-likeness (QED) is 0.490. The Balaban J connectivity index is 1.78. The molecule has 0 bridgehead atoms. The molecule has 134 valence electrons. The van der Waals surface area contributed by atoms with Crippen LogP contribution in [0.25, 0.3) is 21.9 Å². The van der Waals surface area contributed by atoms with Crippen molar-refractivity contribution in [2.75, 3.05) is 9.80 Å². The highest BCUT2D eigenvalue weighted by molar-refractivity contribution is 6.17. The van der Waals surface area contributed by atoms with E-state index < -0.39 is 0 Å². The fourth-order valence-corrected chi connectivity index (χ4v) is 4.39. The van der Waals surface area contributed by atoms with Gasteiger partial charge in [-0.25, -0.2) is 4.98 Å². The first kappa shape index (κ1) is 16.2. The third-order valence-electron chi connectivity index (χ3n) is 5.37. The van der Waals surface area contributed by atoms with E-state index in [4.69, 9.17) is 9.40 Å². The highest BCUT2D eigenvalue weighted by Crippen LogP contribution is 2.47.